The van der Waals surface area contributed by atoms with Crippen molar-refractivity contribution in [3.8, 4) is 0 Å². The van der Waals surface area contributed by atoms with E-state index in [1.54, 1.807) is 14.2 Å². The van der Waals surface area contributed by atoms with E-state index in [0.717, 1.165) is 25.7 Å². The van der Waals surface area contributed by atoms with E-state index >= 15 is 0 Å². The smallest absolute Gasteiger partial charge is 0.220 e. The highest BCUT2D eigenvalue weighted by Gasteiger charge is 2.45. The summed E-state index contributed by atoms with van der Waals surface area (Å²) < 4.78 is 10.4. The normalized spacial score (nSPS) is 21.0. The van der Waals surface area contributed by atoms with Crippen molar-refractivity contribution in [3.63, 3.8) is 0 Å². The predicted octanol–water partition coefficient (Wildman–Crippen LogP) is 0.180. The van der Waals surface area contributed by atoms with Gasteiger partial charge < -0.3 is 25.8 Å². The molecule has 0 aromatic heterocycles. The molecular weight excluding hydrogens is 310 g/mol. The van der Waals surface area contributed by atoms with Gasteiger partial charge in [-0.25, -0.2) is 0 Å². The van der Waals surface area contributed by atoms with Crippen LogP contribution in [-0.4, -0.2) is 58.4 Å². The van der Waals surface area contributed by atoms with Crippen LogP contribution in [0.5, 0.6) is 0 Å². The number of carbonyl (C=O) groups is 2. The lowest BCUT2D eigenvalue weighted by Gasteiger charge is -2.21. The molecular formula is C17H31N3O4. The number of hydrogen-bond acceptors (Lipinski definition) is 5. The molecule has 0 saturated heterocycles. The minimum absolute atomic E-state index is 0.00436. The van der Waals surface area contributed by atoms with Crippen molar-refractivity contribution in [2.75, 3.05) is 40.5 Å². The minimum atomic E-state index is -0.239. The highest BCUT2D eigenvalue weighted by Crippen LogP contribution is 2.49. The van der Waals surface area contributed by atoms with Crippen LogP contribution in [0, 0.1) is 10.8 Å². The summed E-state index contributed by atoms with van der Waals surface area (Å²) in [6.45, 7) is 1.90. The largest absolute Gasteiger partial charge is 0.384 e. The molecule has 1 atom stereocenters. The fourth-order valence-corrected chi connectivity index (χ4v) is 3.16. The fraction of sp³-hybridized carbons (Fsp3) is 0.882. The van der Waals surface area contributed by atoms with Crippen LogP contribution in [-0.2, 0) is 19.1 Å². The van der Waals surface area contributed by atoms with Crippen LogP contribution >= 0.6 is 0 Å². The first-order valence-corrected chi connectivity index (χ1v) is 8.70. The van der Waals surface area contributed by atoms with Crippen molar-refractivity contribution in [1.82, 2.24) is 10.6 Å². The zero-order valence-electron chi connectivity index (χ0n) is 14.9. The van der Waals surface area contributed by atoms with Gasteiger partial charge in [0.25, 0.3) is 0 Å². The third-order valence-electron chi connectivity index (χ3n) is 5.08. The predicted molar refractivity (Wildman–Crippen MR) is 90.3 cm³/mol. The van der Waals surface area contributed by atoms with Crippen molar-refractivity contribution in [3.05, 3.63) is 0 Å². The first kappa shape index (κ1) is 19.1. The Morgan fingerprint density at radius 2 is 1.50 bits per heavy atom. The van der Waals surface area contributed by atoms with Gasteiger partial charge in [0.15, 0.2) is 0 Å². The number of methoxy groups -OCH3 is 2. The number of nitrogens with two attached hydrogens (primary N) is 1. The number of amides is 2. The summed E-state index contributed by atoms with van der Waals surface area (Å²) in [6, 6.07) is -0.239. The van der Waals surface area contributed by atoms with E-state index < -0.39 is 0 Å². The summed E-state index contributed by atoms with van der Waals surface area (Å²) in [7, 11) is 3.32. The summed E-state index contributed by atoms with van der Waals surface area (Å²) in [6.07, 6.45) is 5.06. The number of hydrogen-bond donors (Lipinski definition) is 3. The Labute approximate surface area is 144 Å². The highest BCUT2D eigenvalue weighted by molar-refractivity contribution is 5.78. The van der Waals surface area contributed by atoms with Gasteiger partial charge in [-0.2, -0.15) is 0 Å². The molecule has 2 rings (SSSR count). The monoisotopic (exact) mass is 341 g/mol. The van der Waals surface area contributed by atoms with Gasteiger partial charge in [-0.05, 0) is 25.7 Å². The molecule has 0 aromatic carbocycles. The first-order valence-electron chi connectivity index (χ1n) is 8.70. The van der Waals surface area contributed by atoms with Crippen molar-refractivity contribution in [1.29, 1.82) is 0 Å². The van der Waals surface area contributed by atoms with E-state index in [0.29, 0.717) is 39.1 Å². The quantitative estimate of drug-likeness (QED) is 0.470. The molecule has 24 heavy (non-hydrogen) atoms. The summed E-state index contributed by atoms with van der Waals surface area (Å²) in [4.78, 5) is 24.2. The standard InChI is InChI=1S/C17H31N3O4/c1-23-11-16(3-4-16)7-14(21)19-10-13(9-18)20-15(22)8-17(5-6-17)12-24-2/h13H,3-12,18H2,1-2H3,(H,19,21)(H,20,22). The molecule has 2 amide bonds. The van der Waals surface area contributed by atoms with E-state index in [9.17, 15) is 9.59 Å². The third kappa shape index (κ3) is 5.72. The molecule has 2 saturated carbocycles. The summed E-state index contributed by atoms with van der Waals surface area (Å²) in [5.41, 5.74) is 5.76. The molecule has 1 unspecified atom stereocenters. The second-order valence-electron chi connectivity index (χ2n) is 7.52. The highest BCUT2D eigenvalue weighted by atomic mass is 16.5. The van der Waals surface area contributed by atoms with Crippen molar-refractivity contribution < 1.29 is 19.1 Å². The van der Waals surface area contributed by atoms with Crippen molar-refractivity contribution >= 4 is 11.8 Å². The number of nitrogens with one attached hydrogen (secondary N) is 2. The van der Waals surface area contributed by atoms with Gasteiger partial charge in [0, 0.05) is 51.0 Å². The lowest BCUT2D eigenvalue weighted by Crippen LogP contribution is -2.48. The van der Waals surface area contributed by atoms with E-state index in [-0.39, 0.29) is 28.7 Å². The van der Waals surface area contributed by atoms with Crippen LogP contribution < -0.4 is 16.4 Å². The van der Waals surface area contributed by atoms with Gasteiger partial charge >= 0.3 is 0 Å². The zero-order chi connectivity index (χ0) is 17.6. The SMILES string of the molecule is COCC1(CC(=O)NCC(CN)NC(=O)CC2(COC)CC2)CC1. The van der Waals surface area contributed by atoms with Gasteiger partial charge in [0.2, 0.25) is 11.8 Å². The zero-order valence-corrected chi connectivity index (χ0v) is 14.9. The maximum Gasteiger partial charge on any atom is 0.220 e. The maximum atomic E-state index is 12.2. The van der Waals surface area contributed by atoms with Crippen molar-refractivity contribution in [2.45, 2.75) is 44.6 Å². The lowest BCUT2D eigenvalue weighted by atomic mass is 10.0. The fourth-order valence-electron chi connectivity index (χ4n) is 3.16. The third-order valence-corrected chi connectivity index (χ3v) is 5.08. The van der Waals surface area contributed by atoms with Crippen LogP contribution in [0.3, 0.4) is 0 Å². The topological polar surface area (TPSA) is 103 Å². The van der Waals surface area contributed by atoms with Gasteiger partial charge in [-0.15, -0.1) is 0 Å². The summed E-state index contributed by atoms with van der Waals surface area (Å²) >= 11 is 0. The summed E-state index contributed by atoms with van der Waals surface area (Å²) in [5.74, 6) is -0.0254. The molecule has 2 aliphatic rings. The Morgan fingerprint density at radius 3 is 1.92 bits per heavy atom. The van der Waals surface area contributed by atoms with Crippen LogP contribution in [0.2, 0.25) is 0 Å². The van der Waals surface area contributed by atoms with Gasteiger partial charge in [0.05, 0.1) is 19.3 Å². The Kier molecular flexibility index (Phi) is 6.60. The van der Waals surface area contributed by atoms with Gasteiger partial charge in [0.1, 0.15) is 0 Å². The number of rotatable bonds is 12. The molecule has 0 heterocycles. The molecule has 0 aromatic rings. The molecule has 0 bridgehead atoms. The Hall–Kier alpha value is -1.18. The number of ether oxygens (including phenoxy) is 2. The molecule has 7 heteroatoms. The summed E-state index contributed by atoms with van der Waals surface area (Å²) in [5, 5.41) is 5.80. The maximum absolute atomic E-state index is 12.2. The molecule has 2 fully saturated rings. The van der Waals surface area contributed by atoms with Gasteiger partial charge in [-0.3, -0.25) is 9.59 Å². The number of carbonyl (C=O) groups excluding carboxylic acids is 2. The molecule has 0 spiro atoms. The second-order valence-corrected chi connectivity index (χ2v) is 7.52. The average molecular weight is 341 g/mol. The van der Waals surface area contributed by atoms with E-state index in [2.05, 4.69) is 10.6 Å². The molecule has 7 nitrogen and oxygen atoms in total. The van der Waals surface area contributed by atoms with Gasteiger partial charge in [-0.1, -0.05) is 0 Å². The molecule has 4 N–H and O–H groups in total. The molecule has 138 valence electrons. The van der Waals surface area contributed by atoms with Crippen molar-refractivity contribution in [2.24, 2.45) is 16.6 Å². The van der Waals surface area contributed by atoms with Crippen LogP contribution in [0.1, 0.15) is 38.5 Å². The van der Waals surface area contributed by atoms with Crippen LogP contribution in [0.15, 0.2) is 0 Å². The Bertz CT molecular complexity index is 447. The lowest BCUT2D eigenvalue weighted by molar-refractivity contribution is -0.125. The van der Waals surface area contributed by atoms with E-state index in [4.69, 9.17) is 15.2 Å². The Balaban J connectivity index is 1.68. The van der Waals surface area contributed by atoms with Crippen LogP contribution in [0.4, 0.5) is 0 Å². The first-order chi connectivity index (χ1) is 11.5. The molecule has 0 radical (unpaired) electrons. The second kappa shape index (κ2) is 8.27. The van der Waals surface area contributed by atoms with E-state index in [1.807, 2.05) is 0 Å². The van der Waals surface area contributed by atoms with E-state index in [1.165, 1.54) is 0 Å². The minimum Gasteiger partial charge on any atom is -0.384 e. The van der Waals surface area contributed by atoms with Crippen LogP contribution in [0.25, 0.3) is 0 Å². The average Bonchev–Trinajstić information content (AvgIpc) is 3.44. The molecule has 2 aliphatic carbocycles. The Morgan fingerprint density at radius 1 is 1.00 bits per heavy atom. The molecule has 0 aliphatic heterocycles.